The smallest absolute Gasteiger partial charge is 0.254 e. The van der Waals surface area contributed by atoms with Gasteiger partial charge in [0.2, 0.25) is 5.91 Å². The molecule has 3 amide bonds. The fraction of sp³-hybridized carbons (Fsp3) is 0.382. The number of hydrogen-bond acceptors (Lipinski definition) is 6. The molecule has 2 fully saturated rings. The third-order valence-corrected chi connectivity index (χ3v) is 10.4. The Morgan fingerprint density at radius 3 is 2.40 bits per heavy atom. The minimum absolute atomic E-state index is 0.0145. The second kappa shape index (κ2) is 13.2. The molecule has 5 rings (SSSR count). The third-order valence-electron chi connectivity index (χ3n) is 8.80. The highest BCUT2D eigenvalue weighted by Gasteiger charge is 2.55. The molecule has 1 unspecified atom stereocenters. The molecule has 2 aliphatic rings. The van der Waals surface area contributed by atoms with Crippen molar-refractivity contribution in [3.8, 4) is 5.75 Å². The lowest BCUT2D eigenvalue weighted by Crippen LogP contribution is -2.59. The number of nitrogens with one attached hydrogen (secondary N) is 2. The van der Waals surface area contributed by atoms with Crippen molar-refractivity contribution in [1.29, 1.82) is 0 Å². The zero-order valence-electron chi connectivity index (χ0n) is 24.6. The van der Waals surface area contributed by atoms with Gasteiger partial charge in [-0.3, -0.25) is 14.4 Å². The largest absolute Gasteiger partial charge is 0.508 e. The second-order valence-corrected chi connectivity index (χ2v) is 12.9. The molecule has 4 N–H and O–H groups in total. The molecule has 3 aromatic carbocycles. The van der Waals surface area contributed by atoms with E-state index in [2.05, 4.69) is 10.6 Å². The van der Waals surface area contributed by atoms with Gasteiger partial charge in [0, 0.05) is 22.4 Å². The van der Waals surface area contributed by atoms with E-state index < -0.39 is 34.7 Å². The van der Waals surface area contributed by atoms with Gasteiger partial charge in [-0.25, -0.2) is 0 Å². The van der Waals surface area contributed by atoms with E-state index >= 15 is 0 Å². The molecule has 0 bridgehead atoms. The Morgan fingerprint density at radius 1 is 0.977 bits per heavy atom. The third kappa shape index (κ3) is 6.58. The number of nitrogens with zero attached hydrogens (tertiary/aromatic N) is 1. The molecule has 43 heavy (non-hydrogen) atoms. The van der Waals surface area contributed by atoms with E-state index in [4.69, 9.17) is 0 Å². The number of aromatic hydroxyl groups is 1. The summed E-state index contributed by atoms with van der Waals surface area (Å²) in [7, 11) is 0. The van der Waals surface area contributed by atoms with Gasteiger partial charge in [0.25, 0.3) is 11.8 Å². The Morgan fingerprint density at radius 2 is 1.67 bits per heavy atom. The van der Waals surface area contributed by atoms with Crippen LogP contribution in [-0.2, 0) is 22.6 Å². The molecular weight excluding hydrogens is 562 g/mol. The summed E-state index contributed by atoms with van der Waals surface area (Å²) < 4.78 is -0.401. The fourth-order valence-corrected chi connectivity index (χ4v) is 7.89. The Bertz CT molecular complexity index is 1470. The number of amides is 3. The molecule has 1 saturated carbocycles. The van der Waals surface area contributed by atoms with Crippen LogP contribution in [0.15, 0.2) is 72.8 Å². The van der Waals surface area contributed by atoms with Gasteiger partial charge in [0.05, 0.1) is 11.9 Å². The van der Waals surface area contributed by atoms with Gasteiger partial charge < -0.3 is 25.7 Å². The summed E-state index contributed by atoms with van der Waals surface area (Å²) in [6, 6.07) is 20.2. The Balaban J connectivity index is 1.39. The molecule has 3 atom stereocenters. The van der Waals surface area contributed by atoms with E-state index in [1.54, 1.807) is 30.8 Å². The van der Waals surface area contributed by atoms with Crippen molar-refractivity contribution >= 4 is 29.5 Å². The lowest BCUT2D eigenvalue weighted by molar-refractivity contribution is -0.147. The Kier molecular flexibility index (Phi) is 9.42. The average molecular weight is 602 g/mol. The number of thioether (sulfide) groups is 1. The number of carbonyl (C=O) groups is 3. The SMILES string of the molecule is Cc1ccccc1CNC(=O)[C@H]1N(C(=O)[C@@H](O)C(Cc2ccccc2)NC(=O)c2cccc(O)c2C)CSC12CCCC2. The summed E-state index contributed by atoms with van der Waals surface area (Å²) in [6.45, 7) is 3.99. The molecule has 0 aromatic heterocycles. The van der Waals surface area contributed by atoms with Crippen LogP contribution in [0.5, 0.6) is 5.75 Å². The van der Waals surface area contributed by atoms with E-state index in [9.17, 15) is 24.6 Å². The van der Waals surface area contributed by atoms with Crippen LogP contribution in [0.1, 0.15) is 58.3 Å². The predicted molar refractivity (Wildman–Crippen MR) is 168 cm³/mol. The molecule has 1 heterocycles. The average Bonchev–Trinajstić information content (AvgIpc) is 3.64. The number of carbonyl (C=O) groups excluding carboxylic acids is 3. The van der Waals surface area contributed by atoms with Gasteiger partial charge in [-0.2, -0.15) is 0 Å². The number of phenolic OH excluding ortho intramolecular Hbond substituents is 1. The molecule has 9 heteroatoms. The number of aryl methyl sites for hydroxylation is 1. The Hall–Kier alpha value is -3.82. The minimum atomic E-state index is -1.59. The maximum atomic E-state index is 14.1. The van der Waals surface area contributed by atoms with Crippen molar-refractivity contribution in [2.24, 2.45) is 0 Å². The van der Waals surface area contributed by atoms with Gasteiger partial charge in [-0.1, -0.05) is 73.5 Å². The van der Waals surface area contributed by atoms with Crippen molar-refractivity contribution in [1.82, 2.24) is 15.5 Å². The van der Waals surface area contributed by atoms with Crippen LogP contribution in [-0.4, -0.2) is 61.6 Å². The van der Waals surface area contributed by atoms with Crippen LogP contribution in [0, 0.1) is 13.8 Å². The summed E-state index contributed by atoms with van der Waals surface area (Å²) in [4.78, 5) is 42.8. The fourth-order valence-electron chi connectivity index (χ4n) is 6.25. The summed E-state index contributed by atoms with van der Waals surface area (Å²) in [6.07, 6.45) is 2.21. The highest BCUT2D eigenvalue weighted by molar-refractivity contribution is 8.01. The van der Waals surface area contributed by atoms with Crippen LogP contribution < -0.4 is 10.6 Å². The van der Waals surface area contributed by atoms with Crippen molar-refractivity contribution in [3.05, 3.63) is 101 Å². The van der Waals surface area contributed by atoms with Crippen LogP contribution in [0.2, 0.25) is 0 Å². The zero-order valence-corrected chi connectivity index (χ0v) is 25.4. The van der Waals surface area contributed by atoms with Crippen molar-refractivity contribution in [3.63, 3.8) is 0 Å². The zero-order chi connectivity index (χ0) is 30.6. The summed E-state index contributed by atoms with van der Waals surface area (Å²) in [5.41, 5.74) is 3.58. The lowest BCUT2D eigenvalue weighted by atomic mass is 9.93. The molecular formula is C34H39N3O5S. The summed E-state index contributed by atoms with van der Waals surface area (Å²) >= 11 is 1.62. The van der Waals surface area contributed by atoms with E-state index in [1.807, 2.05) is 61.5 Å². The van der Waals surface area contributed by atoms with E-state index in [0.717, 1.165) is 42.4 Å². The number of rotatable bonds is 9. The molecule has 1 spiro atoms. The molecule has 226 valence electrons. The number of aliphatic hydroxyl groups excluding tert-OH is 1. The maximum absolute atomic E-state index is 14.1. The van der Waals surface area contributed by atoms with E-state index in [0.29, 0.717) is 12.1 Å². The second-order valence-electron chi connectivity index (χ2n) is 11.6. The van der Waals surface area contributed by atoms with Crippen molar-refractivity contribution in [2.75, 3.05) is 5.88 Å². The molecule has 1 aliphatic carbocycles. The molecule has 0 radical (unpaired) electrons. The first-order valence-corrected chi connectivity index (χ1v) is 15.8. The van der Waals surface area contributed by atoms with Crippen LogP contribution in [0.3, 0.4) is 0 Å². The van der Waals surface area contributed by atoms with Gasteiger partial charge >= 0.3 is 0 Å². The number of hydrogen-bond donors (Lipinski definition) is 4. The topological polar surface area (TPSA) is 119 Å². The van der Waals surface area contributed by atoms with Crippen molar-refractivity contribution < 1.29 is 24.6 Å². The van der Waals surface area contributed by atoms with Gasteiger partial charge in [0.1, 0.15) is 11.8 Å². The van der Waals surface area contributed by atoms with Gasteiger partial charge in [-0.05, 0) is 61.9 Å². The molecule has 1 aliphatic heterocycles. The number of phenols is 1. The first kappa shape index (κ1) is 30.6. The first-order chi connectivity index (χ1) is 20.7. The minimum Gasteiger partial charge on any atom is -0.508 e. The summed E-state index contributed by atoms with van der Waals surface area (Å²) in [5.74, 6) is -1.04. The van der Waals surface area contributed by atoms with Crippen LogP contribution in [0.25, 0.3) is 0 Å². The molecule has 3 aromatic rings. The highest BCUT2D eigenvalue weighted by Crippen LogP contribution is 2.51. The normalized spacial score (nSPS) is 18.8. The van der Waals surface area contributed by atoms with Gasteiger partial charge in [0.15, 0.2) is 6.10 Å². The molecule has 8 nitrogen and oxygen atoms in total. The Labute approximate surface area is 256 Å². The lowest BCUT2D eigenvalue weighted by Gasteiger charge is -2.35. The van der Waals surface area contributed by atoms with Crippen LogP contribution >= 0.6 is 11.8 Å². The monoisotopic (exact) mass is 601 g/mol. The quantitative estimate of drug-likeness (QED) is 0.291. The predicted octanol–water partition coefficient (Wildman–Crippen LogP) is 4.24. The standard InChI is InChI=1S/C34H39N3O5S/c1-22-11-6-7-14-25(22)20-35-32(41)30-34(17-8-9-18-34)43-21-37(30)33(42)29(39)27(19-24-12-4-3-5-13-24)36-31(40)26-15-10-16-28(38)23(26)2/h3-7,10-16,27,29-30,38-39H,8-9,17-21H2,1-2H3,(H,35,41)(H,36,40)/t27?,29-,30+/m0/s1. The van der Waals surface area contributed by atoms with E-state index in [-0.39, 0.29) is 29.5 Å². The van der Waals surface area contributed by atoms with E-state index in [1.165, 1.54) is 11.0 Å². The van der Waals surface area contributed by atoms with Crippen LogP contribution in [0.4, 0.5) is 0 Å². The number of benzene rings is 3. The van der Waals surface area contributed by atoms with Gasteiger partial charge in [-0.15, -0.1) is 11.8 Å². The maximum Gasteiger partial charge on any atom is 0.254 e. The summed E-state index contributed by atoms with van der Waals surface area (Å²) in [5, 5.41) is 27.7. The van der Waals surface area contributed by atoms with Crippen molar-refractivity contribution in [2.45, 2.75) is 75.4 Å². The molecule has 1 saturated heterocycles. The first-order valence-electron chi connectivity index (χ1n) is 14.8. The number of aliphatic hydroxyl groups is 1. The highest BCUT2D eigenvalue weighted by atomic mass is 32.2.